The van der Waals surface area contributed by atoms with E-state index in [0.717, 1.165) is 0 Å². The van der Waals surface area contributed by atoms with Gasteiger partial charge in [0.1, 0.15) is 0 Å². The Balaban J connectivity index is 2.12. The monoisotopic (exact) mass is 169 g/mol. The van der Waals surface area contributed by atoms with Gasteiger partial charge in [-0.15, -0.1) is 0 Å². The zero-order chi connectivity index (χ0) is 9.26. The highest BCUT2D eigenvalue weighted by Crippen LogP contribution is 2.41. The van der Waals surface area contributed by atoms with Gasteiger partial charge in [0.15, 0.2) is 0 Å². The minimum Gasteiger partial charge on any atom is -0.0622 e. The summed E-state index contributed by atoms with van der Waals surface area (Å²) in [6, 6.07) is 10.5. The molecular formula is C13H13. The van der Waals surface area contributed by atoms with Gasteiger partial charge in [0.25, 0.3) is 0 Å². The van der Waals surface area contributed by atoms with Crippen molar-refractivity contribution in [3.8, 4) is 0 Å². The normalized spacial score (nSPS) is 21.1. The van der Waals surface area contributed by atoms with Gasteiger partial charge < -0.3 is 0 Å². The number of hydrogen-bond donors (Lipinski definition) is 0. The van der Waals surface area contributed by atoms with E-state index in [4.69, 9.17) is 0 Å². The van der Waals surface area contributed by atoms with E-state index in [0.29, 0.717) is 0 Å². The first-order valence-electron chi connectivity index (χ1n) is 4.57. The summed E-state index contributed by atoms with van der Waals surface area (Å²) >= 11 is 0. The lowest BCUT2D eigenvalue weighted by atomic mass is 9.97. The SMILES string of the molecule is C[C]1[CH][C](c2ccccc2)[CH][C]1C. The number of hydrogen-bond acceptors (Lipinski definition) is 0. The van der Waals surface area contributed by atoms with Crippen LogP contribution in [0.25, 0.3) is 0 Å². The zero-order valence-corrected chi connectivity index (χ0v) is 8.04. The maximum Gasteiger partial charge on any atom is 0.0130 e. The molecule has 65 valence electrons. The van der Waals surface area contributed by atoms with Crippen LogP contribution in [0.15, 0.2) is 30.3 Å². The second-order valence-electron chi connectivity index (χ2n) is 3.48. The lowest BCUT2D eigenvalue weighted by Gasteiger charge is -2.07. The highest BCUT2D eigenvalue weighted by Gasteiger charge is 2.30. The van der Waals surface area contributed by atoms with Crippen molar-refractivity contribution in [2.45, 2.75) is 13.8 Å². The summed E-state index contributed by atoms with van der Waals surface area (Å²) in [7, 11) is 0. The lowest BCUT2D eigenvalue weighted by molar-refractivity contribution is 1.08. The summed E-state index contributed by atoms with van der Waals surface area (Å²) in [5, 5.41) is 0. The predicted octanol–water partition coefficient (Wildman–Crippen LogP) is 3.22. The van der Waals surface area contributed by atoms with Crippen LogP contribution in [0.5, 0.6) is 0 Å². The highest BCUT2D eigenvalue weighted by molar-refractivity contribution is 5.56. The fourth-order valence-electron chi connectivity index (χ4n) is 1.53. The van der Waals surface area contributed by atoms with Gasteiger partial charge in [-0.25, -0.2) is 0 Å². The number of benzene rings is 1. The summed E-state index contributed by atoms with van der Waals surface area (Å²) in [6.07, 6.45) is 4.48. The van der Waals surface area contributed by atoms with Crippen LogP contribution >= 0.6 is 0 Å². The van der Waals surface area contributed by atoms with E-state index < -0.39 is 0 Å². The molecule has 0 heterocycles. The van der Waals surface area contributed by atoms with E-state index in [-0.39, 0.29) is 0 Å². The molecule has 1 aromatic carbocycles. The van der Waals surface area contributed by atoms with E-state index in [1.54, 1.807) is 0 Å². The van der Waals surface area contributed by atoms with Crippen molar-refractivity contribution >= 4 is 0 Å². The zero-order valence-electron chi connectivity index (χ0n) is 8.04. The smallest absolute Gasteiger partial charge is 0.0130 e. The van der Waals surface area contributed by atoms with Crippen LogP contribution in [0.1, 0.15) is 19.4 Å². The molecule has 5 radical (unpaired) electrons. The Morgan fingerprint density at radius 3 is 1.85 bits per heavy atom. The molecule has 1 aromatic rings. The van der Waals surface area contributed by atoms with Crippen molar-refractivity contribution in [3.05, 3.63) is 66.5 Å². The maximum atomic E-state index is 2.24. The van der Waals surface area contributed by atoms with Gasteiger partial charge in [-0.1, -0.05) is 44.2 Å². The Kier molecular flexibility index (Phi) is 2.39. The fourth-order valence-corrected chi connectivity index (χ4v) is 1.53. The van der Waals surface area contributed by atoms with Crippen LogP contribution in [0.4, 0.5) is 0 Å². The molecule has 0 saturated heterocycles. The third-order valence-corrected chi connectivity index (χ3v) is 2.47. The Labute approximate surface area is 81.0 Å². The van der Waals surface area contributed by atoms with Crippen LogP contribution < -0.4 is 0 Å². The molecule has 1 fully saturated rings. The quantitative estimate of drug-likeness (QED) is 0.605. The van der Waals surface area contributed by atoms with Gasteiger partial charge in [-0.05, 0) is 30.2 Å². The summed E-state index contributed by atoms with van der Waals surface area (Å²) in [6.45, 7) is 4.31. The molecule has 13 heavy (non-hydrogen) atoms. The van der Waals surface area contributed by atoms with Crippen molar-refractivity contribution in [1.82, 2.24) is 0 Å². The summed E-state index contributed by atoms with van der Waals surface area (Å²) in [5.41, 5.74) is 1.30. The van der Waals surface area contributed by atoms with Crippen molar-refractivity contribution in [1.29, 1.82) is 0 Å². The van der Waals surface area contributed by atoms with E-state index >= 15 is 0 Å². The summed E-state index contributed by atoms with van der Waals surface area (Å²) in [4.78, 5) is 0. The van der Waals surface area contributed by atoms with Gasteiger partial charge >= 0.3 is 0 Å². The molecule has 1 aliphatic rings. The Morgan fingerprint density at radius 1 is 0.769 bits per heavy atom. The van der Waals surface area contributed by atoms with Gasteiger partial charge in [-0.3, -0.25) is 0 Å². The summed E-state index contributed by atoms with van der Waals surface area (Å²) < 4.78 is 0. The van der Waals surface area contributed by atoms with E-state index in [9.17, 15) is 0 Å². The largest absolute Gasteiger partial charge is 0.0622 e. The average Bonchev–Trinajstić information content (AvgIpc) is 2.49. The number of rotatable bonds is 1. The predicted molar refractivity (Wildman–Crippen MR) is 55.2 cm³/mol. The molecule has 0 atom stereocenters. The first-order chi connectivity index (χ1) is 6.27. The second-order valence-corrected chi connectivity index (χ2v) is 3.48. The molecule has 0 heteroatoms. The van der Waals surface area contributed by atoms with Gasteiger partial charge in [0, 0.05) is 5.92 Å². The lowest BCUT2D eigenvalue weighted by Crippen LogP contribution is -1.94. The Bertz CT molecular complexity index is 253. The van der Waals surface area contributed by atoms with Crippen LogP contribution in [0.2, 0.25) is 0 Å². The van der Waals surface area contributed by atoms with Gasteiger partial charge in [0.2, 0.25) is 0 Å². The van der Waals surface area contributed by atoms with Crippen molar-refractivity contribution < 1.29 is 0 Å². The van der Waals surface area contributed by atoms with Crippen LogP contribution in [-0.4, -0.2) is 0 Å². The van der Waals surface area contributed by atoms with Crippen molar-refractivity contribution in [2.75, 3.05) is 0 Å². The van der Waals surface area contributed by atoms with Gasteiger partial charge in [0.05, 0.1) is 0 Å². The van der Waals surface area contributed by atoms with E-state index in [1.165, 1.54) is 23.3 Å². The van der Waals surface area contributed by atoms with E-state index in [1.807, 2.05) is 6.07 Å². The third-order valence-electron chi connectivity index (χ3n) is 2.47. The third kappa shape index (κ3) is 1.77. The molecule has 0 bridgehead atoms. The van der Waals surface area contributed by atoms with Crippen LogP contribution in [0, 0.1) is 30.6 Å². The molecule has 0 aliphatic heterocycles. The minimum atomic E-state index is 1.30. The Morgan fingerprint density at radius 2 is 1.31 bits per heavy atom. The van der Waals surface area contributed by atoms with Gasteiger partial charge in [-0.2, -0.15) is 0 Å². The molecule has 0 N–H and O–H groups in total. The maximum absolute atomic E-state index is 2.24. The van der Waals surface area contributed by atoms with Crippen LogP contribution in [-0.2, 0) is 0 Å². The van der Waals surface area contributed by atoms with Crippen LogP contribution in [0.3, 0.4) is 0 Å². The highest BCUT2D eigenvalue weighted by atomic mass is 14.3. The molecular weight excluding hydrogens is 156 g/mol. The summed E-state index contributed by atoms with van der Waals surface area (Å²) in [5.74, 6) is 4.08. The molecule has 1 aliphatic carbocycles. The standard InChI is InChI=1S/C13H13/c1-10-8-13(9-11(10)2)12-6-4-3-5-7-12/h3-9H,1-2H3. The fraction of sp³-hybridized carbons (Fsp3) is 0.154. The first kappa shape index (κ1) is 8.80. The molecule has 0 aromatic heterocycles. The topological polar surface area (TPSA) is 0 Å². The molecule has 0 nitrogen and oxygen atoms in total. The molecule has 1 saturated carbocycles. The molecule has 0 spiro atoms. The molecule has 2 rings (SSSR count). The second kappa shape index (κ2) is 3.53. The molecule has 0 unspecified atom stereocenters. The Hall–Kier alpha value is -0.780. The van der Waals surface area contributed by atoms with Crippen molar-refractivity contribution in [3.63, 3.8) is 0 Å². The van der Waals surface area contributed by atoms with E-state index in [2.05, 4.69) is 51.0 Å². The average molecular weight is 169 g/mol. The van der Waals surface area contributed by atoms with Crippen molar-refractivity contribution in [2.24, 2.45) is 0 Å². The minimum absolute atomic E-state index is 1.30. The molecule has 0 amide bonds. The first-order valence-corrected chi connectivity index (χ1v) is 4.57.